The fourth-order valence-electron chi connectivity index (χ4n) is 3.06. The molecule has 0 bridgehead atoms. The number of hydrogen-bond donors (Lipinski definition) is 1. The number of thioether (sulfide) groups is 1. The standard InChI is InChI=1S/C21H21Cl2NO3S/c1-21(2,3)13-5-7-17-16(9-13)24(20(27)18(28-17)10-19(25)26)11-12-4-6-14(22)15(23)8-12/h4-9,18H,10-11H2,1-3H3,(H,25,26). The fourth-order valence-corrected chi connectivity index (χ4v) is 4.58. The fraction of sp³-hybridized carbons (Fsp3) is 0.333. The lowest BCUT2D eigenvalue weighted by atomic mass is 9.86. The van der Waals surface area contributed by atoms with Crippen molar-refractivity contribution in [2.45, 2.75) is 49.3 Å². The van der Waals surface area contributed by atoms with E-state index in [4.69, 9.17) is 23.2 Å². The quantitative estimate of drug-likeness (QED) is 0.658. The van der Waals surface area contributed by atoms with Crippen molar-refractivity contribution in [3.63, 3.8) is 0 Å². The number of amides is 1. The van der Waals surface area contributed by atoms with Gasteiger partial charge in [-0.05, 0) is 40.8 Å². The summed E-state index contributed by atoms with van der Waals surface area (Å²) in [6, 6.07) is 11.3. The van der Waals surface area contributed by atoms with Gasteiger partial charge in [-0.2, -0.15) is 0 Å². The zero-order valence-electron chi connectivity index (χ0n) is 15.8. The molecule has 0 saturated heterocycles. The van der Waals surface area contributed by atoms with E-state index in [1.165, 1.54) is 11.8 Å². The van der Waals surface area contributed by atoms with Gasteiger partial charge < -0.3 is 10.0 Å². The summed E-state index contributed by atoms with van der Waals surface area (Å²) in [5, 5.41) is 9.42. The SMILES string of the molecule is CC(C)(C)c1ccc2c(c1)N(Cc1ccc(Cl)c(Cl)c1)C(=O)C(CC(=O)O)S2. The highest BCUT2D eigenvalue weighted by Crippen LogP contribution is 2.43. The van der Waals surface area contributed by atoms with E-state index in [2.05, 4.69) is 20.8 Å². The number of fused-ring (bicyclic) bond motifs is 1. The van der Waals surface area contributed by atoms with Crippen LogP contribution in [0.25, 0.3) is 0 Å². The Morgan fingerprint density at radius 3 is 2.46 bits per heavy atom. The van der Waals surface area contributed by atoms with Crippen molar-refractivity contribution in [3.8, 4) is 0 Å². The van der Waals surface area contributed by atoms with Gasteiger partial charge in [-0.15, -0.1) is 11.8 Å². The number of carboxylic acids is 1. The van der Waals surface area contributed by atoms with E-state index in [1.54, 1.807) is 17.0 Å². The number of rotatable bonds is 4. The topological polar surface area (TPSA) is 57.6 Å². The molecule has 1 atom stereocenters. The summed E-state index contributed by atoms with van der Waals surface area (Å²) in [4.78, 5) is 26.9. The molecule has 1 aliphatic rings. The summed E-state index contributed by atoms with van der Waals surface area (Å²) >= 11 is 13.5. The molecule has 1 unspecified atom stereocenters. The molecule has 0 saturated carbocycles. The first-order valence-corrected chi connectivity index (χ1v) is 10.5. The molecule has 3 rings (SSSR count). The number of hydrogen-bond acceptors (Lipinski definition) is 3. The van der Waals surface area contributed by atoms with Crippen LogP contribution in [0.15, 0.2) is 41.3 Å². The number of carbonyl (C=O) groups excluding carboxylic acids is 1. The predicted octanol–water partition coefficient (Wildman–Crippen LogP) is 5.77. The summed E-state index contributed by atoms with van der Waals surface area (Å²) in [6.45, 7) is 6.64. The minimum absolute atomic E-state index is 0.0735. The first-order valence-electron chi connectivity index (χ1n) is 8.84. The lowest BCUT2D eigenvalue weighted by Gasteiger charge is -2.34. The van der Waals surface area contributed by atoms with Crippen LogP contribution in [0.2, 0.25) is 10.0 Å². The summed E-state index contributed by atoms with van der Waals surface area (Å²) in [5.74, 6) is -1.20. The van der Waals surface area contributed by atoms with Crippen molar-refractivity contribution in [1.82, 2.24) is 0 Å². The molecule has 28 heavy (non-hydrogen) atoms. The number of anilines is 1. The van der Waals surface area contributed by atoms with Gasteiger partial charge >= 0.3 is 5.97 Å². The first-order chi connectivity index (χ1) is 13.1. The summed E-state index contributed by atoms with van der Waals surface area (Å²) in [6.07, 6.45) is -0.220. The molecule has 1 amide bonds. The molecule has 7 heteroatoms. The lowest BCUT2D eigenvalue weighted by molar-refractivity contribution is -0.138. The Kier molecular flexibility index (Phi) is 5.99. The van der Waals surface area contributed by atoms with Gasteiger partial charge in [0.15, 0.2) is 0 Å². The van der Waals surface area contributed by atoms with Crippen LogP contribution < -0.4 is 4.90 Å². The van der Waals surface area contributed by atoms with E-state index in [-0.39, 0.29) is 17.7 Å². The van der Waals surface area contributed by atoms with Crippen LogP contribution in [0.5, 0.6) is 0 Å². The molecule has 0 aromatic heterocycles. The normalized spacial score (nSPS) is 16.8. The van der Waals surface area contributed by atoms with Crippen molar-refractivity contribution < 1.29 is 14.7 Å². The van der Waals surface area contributed by atoms with Gasteiger partial charge in [0.2, 0.25) is 5.91 Å². The highest BCUT2D eigenvalue weighted by Gasteiger charge is 2.35. The van der Waals surface area contributed by atoms with Gasteiger partial charge in [0.25, 0.3) is 0 Å². The smallest absolute Gasteiger partial charge is 0.305 e. The summed E-state index contributed by atoms with van der Waals surface area (Å²) < 4.78 is 0. The lowest BCUT2D eigenvalue weighted by Crippen LogP contribution is -2.41. The average molecular weight is 438 g/mol. The molecule has 0 radical (unpaired) electrons. The van der Waals surface area contributed by atoms with Crippen molar-refractivity contribution >= 4 is 52.5 Å². The molecule has 1 aliphatic heterocycles. The van der Waals surface area contributed by atoms with E-state index in [9.17, 15) is 14.7 Å². The third kappa shape index (κ3) is 4.48. The van der Waals surface area contributed by atoms with Gasteiger partial charge in [-0.1, -0.05) is 56.1 Å². The molecular weight excluding hydrogens is 417 g/mol. The molecule has 2 aromatic rings. The van der Waals surface area contributed by atoms with Gasteiger partial charge in [-0.3, -0.25) is 9.59 Å². The van der Waals surface area contributed by atoms with Crippen LogP contribution in [-0.4, -0.2) is 22.2 Å². The second-order valence-electron chi connectivity index (χ2n) is 7.81. The van der Waals surface area contributed by atoms with Crippen molar-refractivity contribution in [3.05, 3.63) is 57.6 Å². The zero-order chi connectivity index (χ0) is 20.6. The van der Waals surface area contributed by atoms with Gasteiger partial charge in [0, 0.05) is 4.90 Å². The number of carboxylic acid groups (broad SMARTS) is 1. The molecular formula is C21H21Cl2NO3S. The molecule has 4 nitrogen and oxygen atoms in total. The molecule has 2 aromatic carbocycles. The van der Waals surface area contributed by atoms with Crippen molar-refractivity contribution in [2.24, 2.45) is 0 Å². The third-order valence-corrected chi connectivity index (χ3v) is 6.60. The van der Waals surface area contributed by atoms with Crippen LogP contribution >= 0.6 is 35.0 Å². The maximum absolute atomic E-state index is 13.1. The predicted molar refractivity (Wildman–Crippen MR) is 115 cm³/mol. The number of benzene rings is 2. The highest BCUT2D eigenvalue weighted by molar-refractivity contribution is 8.01. The van der Waals surface area contributed by atoms with E-state index in [0.717, 1.165) is 21.7 Å². The largest absolute Gasteiger partial charge is 0.481 e. The minimum Gasteiger partial charge on any atom is -0.481 e. The summed E-state index contributed by atoms with van der Waals surface area (Å²) in [7, 11) is 0. The Hall–Kier alpha value is -1.69. The number of halogens is 2. The van der Waals surface area contributed by atoms with Crippen LogP contribution in [-0.2, 0) is 21.5 Å². The van der Waals surface area contributed by atoms with E-state index in [1.807, 2.05) is 24.3 Å². The van der Waals surface area contributed by atoms with E-state index < -0.39 is 11.2 Å². The second-order valence-corrected chi connectivity index (χ2v) is 9.87. The highest BCUT2D eigenvalue weighted by atomic mass is 35.5. The Balaban J connectivity index is 2.05. The summed E-state index contributed by atoms with van der Waals surface area (Å²) in [5.41, 5.74) is 2.66. The Morgan fingerprint density at radius 2 is 1.86 bits per heavy atom. The molecule has 1 N–H and O–H groups in total. The zero-order valence-corrected chi connectivity index (χ0v) is 18.2. The maximum Gasteiger partial charge on any atom is 0.305 e. The molecule has 0 fully saturated rings. The number of nitrogens with zero attached hydrogens (tertiary/aromatic N) is 1. The van der Waals surface area contributed by atoms with Crippen LogP contribution in [0.3, 0.4) is 0 Å². The first kappa shape index (κ1) is 21.0. The number of aliphatic carboxylic acids is 1. The molecule has 0 spiro atoms. The molecule has 1 heterocycles. The average Bonchev–Trinajstić information content (AvgIpc) is 2.60. The van der Waals surface area contributed by atoms with E-state index >= 15 is 0 Å². The Morgan fingerprint density at radius 1 is 1.14 bits per heavy atom. The third-order valence-electron chi connectivity index (χ3n) is 4.61. The minimum atomic E-state index is -0.991. The van der Waals surface area contributed by atoms with Crippen LogP contribution in [0.4, 0.5) is 5.69 Å². The molecule has 148 valence electrons. The van der Waals surface area contributed by atoms with Crippen molar-refractivity contribution in [2.75, 3.05) is 4.90 Å². The van der Waals surface area contributed by atoms with E-state index in [0.29, 0.717) is 16.6 Å². The van der Waals surface area contributed by atoms with Crippen LogP contribution in [0, 0.1) is 0 Å². The van der Waals surface area contributed by atoms with Gasteiger partial charge in [-0.25, -0.2) is 0 Å². The van der Waals surface area contributed by atoms with Gasteiger partial charge in [0.05, 0.1) is 33.9 Å². The maximum atomic E-state index is 13.1. The van der Waals surface area contributed by atoms with Crippen molar-refractivity contribution in [1.29, 1.82) is 0 Å². The Labute approximate surface area is 178 Å². The monoisotopic (exact) mass is 437 g/mol. The second kappa shape index (κ2) is 7.97. The Bertz CT molecular complexity index is 940. The molecule has 0 aliphatic carbocycles. The van der Waals surface area contributed by atoms with Crippen LogP contribution in [0.1, 0.15) is 38.3 Å². The van der Waals surface area contributed by atoms with Gasteiger partial charge in [0.1, 0.15) is 0 Å². The number of carbonyl (C=O) groups is 2.